The summed E-state index contributed by atoms with van der Waals surface area (Å²) in [5.74, 6) is 1.18. The number of aromatic nitrogens is 2. The van der Waals surface area contributed by atoms with E-state index < -0.39 is 0 Å². The summed E-state index contributed by atoms with van der Waals surface area (Å²) >= 11 is 1.70. The lowest BCUT2D eigenvalue weighted by Gasteiger charge is -2.22. The smallest absolute Gasteiger partial charge is 0.195 e. The van der Waals surface area contributed by atoms with Crippen LogP contribution in [0, 0.1) is 0 Å². The van der Waals surface area contributed by atoms with Crippen molar-refractivity contribution in [2.24, 2.45) is 5.73 Å². The molecule has 0 saturated heterocycles. The Balaban J connectivity index is 2.02. The Bertz CT molecular complexity index is 526. The van der Waals surface area contributed by atoms with Crippen molar-refractivity contribution >= 4 is 22.1 Å². The monoisotopic (exact) mass is 264 g/mol. The fraction of sp³-hybridized carbons (Fsp3) is 0.615. The van der Waals surface area contributed by atoms with Gasteiger partial charge in [-0.2, -0.15) is 0 Å². The first-order valence-corrected chi connectivity index (χ1v) is 7.64. The molecule has 0 aliphatic heterocycles. The van der Waals surface area contributed by atoms with E-state index in [4.69, 9.17) is 10.7 Å². The predicted octanol–water partition coefficient (Wildman–Crippen LogP) is 2.28. The third-order valence-corrected chi connectivity index (χ3v) is 4.20. The van der Waals surface area contributed by atoms with Gasteiger partial charge in [-0.1, -0.05) is 6.92 Å². The summed E-state index contributed by atoms with van der Waals surface area (Å²) in [6, 6.07) is 0.714. The van der Waals surface area contributed by atoms with Crippen LogP contribution in [0.3, 0.4) is 0 Å². The van der Waals surface area contributed by atoms with Crippen molar-refractivity contribution < 1.29 is 0 Å². The molecule has 5 heteroatoms. The Morgan fingerprint density at radius 2 is 2.39 bits per heavy atom. The highest BCUT2D eigenvalue weighted by atomic mass is 32.1. The van der Waals surface area contributed by atoms with Crippen LogP contribution in [0.1, 0.15) is 31.9 Å². The molecule has 1 saturated carbocycles. The summed E-state index contributed by atoms with van der Waals surface area (Å²) in [6.07, 6.45) is 6.81. The topological polar surface area (TPSA) is 46.6 Å². The summed E-state index contributed by atoms with van der Waals surface area (Å²) < 4.78 is 2.21. The Kier molecular flexibility index (Phi) is 3.26. The van der Waals surface area contributed by atoms with Crippen LogP contribution in [-0.4, -0.2) is 28.5 Å². The highest BCUT2D eigenvalue weighted by Gasteiger charge is 2.32. The second-order valence-corrected chi connectivity index (χ2v) is 5.77. The van der Waals surface area contributed by atoms with Crippen molar-refractivity contribution in [1.29, 1.82) is 0 Å². The van der Waals surface area contributed by atoms with Crippen LogP contribution in [0.25, 0.3) is 4.96 Å². The molecule has 1 aliphatic carbocycles. The fourth-order valence-electron chi connectivity index (χ4n) is 2.51. The van der Waals surface area contributed by atoms with Gasteiger partial charge >= 0.3 is 0 Å². The number of thiazole rings is 1. The quantitative estimate of drug-likeness (QED) is 0.870. The Labute approximate surface area is 111 Å². The van der Waals surface area contributed by atoms with Gasteiger partial charge in [0.1, 0.15) is 0 Å². The molecule has 0 radical (unpaired) electrons. The van der Waals surface area contributed by atoms with Gasteiger partial charge in [-0.25, -0.2) is 4.98 Å². The van der Waals surface area contributed by atoms with Crippen molar-refractivity contribution in [2.45, 2.75) is 38.6 Å². The predicted molar refractivity (Wildman–Crippen MR) is 76.5 cm³/mol. The van der Waals surface area contributed by atoms with Gasteiger partial charge in [0.15, 0.2) is 10.8 Å². The first-order valence-electron chi connectivity index (χ1n) is 6.76. The number of fused-ring (bicyclic) bond motifs is 1. The van der Waals surface area contributed by atoms with Gasteiger partial charge in [0.05, 0.1) is 5.69 Å². The van der Waals surface area contributed by atoms with Crippen molar-refractivity contribution in [3.63, 3.8) is 0 Å². The average Bonchev–Trinajstić information content (AvgIpc) is 3.01. The zero-order valence-corrected chi connectivity index (χ0v) is 11.6. The molecule has 0 unspecified atom stereocenters. The van der Waals surface area contributed by atoms with E-state index in [0.29, 0.717) is 12.6 Å². The number of rotatable bonds is 6. The van der Waals surface area contributed by atoms with Crippen molar-refractivity contribution in [1.82, 2.24) is 9.38 Å². The summed E-state index contributed by atoms with van der Waals surface area (Å²) in [4.78, 5) is 8.41. The molecule has 4 nitrogen and oxygen atoms in total. The first kappa shape index (κ1) is 12.0. The lowest BCUT2D eigenvalue weighted by molar-refractivity contribution is 0.743. The van der Waals surface area contributed by atoms with E-state index in [2.05, 4.69) is 27.8 Å². The van der Waals surface area contributed by atoms with E-state index >= 15 is 0 Å². The summed E-state index contributed by atoms with van der Waals surface area (Å²) in [6.45, 7) is 4.02. The lowest BCUT2D eigenvalue weighted by atomic mass is 10.2. The van der Waals surface area contributed by atoms with Gasteiger partial charge in [-0.15, -0.1) is 11.3 Å². The maximum Gasteiger partial charge on any atom is 0.195 e. The van der Waals surface area contributed by atoms with Gasteiger partial charge in [0.25, 0.3) is 0 Å². The fourth-order valence-corrected chi connectivity index (χ4v) is 3.24. The van der Waals surface area contributed by atoms with Gasteiger partial charge in [-0.05, 0) is 25.8 Å². The highest BCUT2D eigenvalue weighted by molar-refractivity contribution is 7.15. The number of hydrogen-bond acceptors (Lipinski definition) is 4. The van der Waals surface area contributed by atoms with Crippen LogP contribution < -0.4 is 10.6 Å². The van der Waals surface area contributed by atoms with Crippen LogP contribution in [-0.2, 0) is 6.42 Å². The van der Waals surface area contributed by atoms with Gasteiger partial charge in [0, 0.05) is 30.6 Å². The van der Waals surface area contributed by atoms with Crippen molar-refractivity contribution in [2.75, 3.05) is 18.0 Å². The van der Waals surface area contributed by atoms with Crippen LogP contribution in [0.4, 0.5) is 5.82 Å². The molecule has 0 atom stereocenters. The Hall–Kier alpha value is -1.07. The zero-order valence-electron chi connectivity index (χ0n) is 10.8. The second kappa shape index (κ2) is 4.90. The average molecular weight is 264 g/mol. The normalized spacial score (nSPS) is 15.4. The van der Waals surface area contributed by atoms with E-state index in [1.54, 1.807) is 11.3 Å². The molecular formula is C13H20N4S. The van der Waals surface area contributed by atoms with Crippen LogP contribution in [0.2, 0.25) is 0 Å². The van der Waals surface area contributed by atoms with E-state index in [0.717, 1.165) is 17.9 Å². The Morgan fingerprint density at radius 3 is 3.06 bits per heavy atom. The first-order chi connectivity index (χ1) is 8.85. The minimum absolute atomic E-state index is 0.682. The molecule has 98 valence electrons. The summed E-state index contributed by atoms with van der Waals surface area (Å²) in [7, 11) is 0. The lowest BCUT2D eigenvalue weighted by Crippen LogP contribution is -2.28. The van der Waals surface area contributed by atoms with Crippen LogP contribution >= 0.6 is 11.3 Å². The van der Waals surface area contributed by atoms with E-state index in [9.17, 15) is 0 Å². The number of hydrogen-bond donors (Lipinski definition) is 1. The maximum absolute atomic E-state index is 5.76. The minimum Gasteiger partial charge on any atom is -0.352 e. The van der Waals surface area contributed by atoms with Crippen molar-refractivity contribution in [3.8, 4) is 0 Å². The zero-order chi connectivity index (χ0) is 12.5. The van der Waals surface area contributed by atoms with Gasteiger partial charge in [-0.3, -0.25) is 4.40 Å². The molecule has 0 amide bonds. The van der Waals surface area contributed by atoms with Gasteiger partial charge in [0.2, 0.25) is 0 Å². The third-order valence-electron chi connectivity index (χ3n) is 3.45. The van der Waals surface area contributed by atoms with Crippen molar-refractivity contribution in [3.05, 3.63) is 17.3 Å². The maximum atomic E-state index is 5.76. The summed E-state index contributed by atoms with van der Waals surface area (Å²) in [5.41, 5.74) is 7.04. The standard InChI is InChI=1S/C13H20N4S/c1-2-7-16(10-3-4-10)12-11(5-6-14)17-8-9-18-13(17)15-12/h8-10H,2-7,14H2,1H3. The molecule has 1 fully saturated rings. The summed E-state index contributed by atoms with van der Waals surface area (Å²) in [5, 5.41) is 2.09. The molecule has 0 spiro atoms. The second-order valence-electron chi connectivity index (χ2n) is 4.90. The molecule has 0 aromatic carbocycles. The van der Waals surface area contributed by atoms with E-state index in [1.165, 1.54) is 30.8 Å². The molecule has 3 rings (SSSR count). The molecule has 18 heavy (non-hydrogen) atoms. The van der Waals surface area contributed by atoms with E-state index in [1.807, 2.05) is 0 Å². The van der Waals surface area contributed by atoms with Gasteiger partial charge < -0.3 is 10.6 Å². The van der Waals surface area contributed by atoms with E-state index in [-0.39, 0.29) is 0 Å². The molecule has 2 aromatic heterocycles. The van der Waals surface area contributed by atoms with Crippen LogP contribution in [0.15, 0.2) is 11.6 Å². The Morgan fingerprint density at radius 1 is 1.56 bits per heavy atom. The minimum atomic E-state index is 0.682. The number of nitrogens with two attached hydrogens (primary N) is 1. The SMILES string of the molecule is CCCN(c1nc2sccn2c1CCN)C1CC1. The molecule has 0 bridgehead atoms. The molecule has 2 N–H and O–H groups in total. The number of nitrogens with zero attached hydrogens (tertiary/aromatic N) is 3. The van der Waals surface area contributed by atoms with Crippen LogP contribution in [0.5, 0.6) is 0 Å². The molecular weight excluding hydrogens is 244 g/mol. The molecule has 1 aliphatic rings. The molecule has 2 heterocycles. The highest BCUT2D eigenvalue weighted by Crippen LogP contribution is 2.34. The largest absolute Gasteiger partial charge is 0.352 e. The number of anilines is 1. The number of imidazole rings is 1. The third kappa shape index (κ3) is 2.01. The molecule has 2 aromatic rings.